The van der Waals surface area contributed by atoms with E-state index in [1.54, 1.807) is 24.3 Å². The van der Waals surface area contributed by atoms with E-state index in [2.05, 4.69) is 5.32 Å². The third-order valence-corrected chi connectivity index (χ3v) is 4.47. The molecule has 0 fully saturated rings. The van der Waals surface area contributed by atoms with E-state index in [9.17, 15) is 18.4 Å². The molecule has 0 aromatic heterocycles. The third-order valence-electron chi connectivity index (χ3n) is 4.47. The number of carbonyl (C=O) groups is 2. The molecule has 0 aliphatic carbocycles. The van der Waals surface area contributed by atoms with Gasteiger partial charge in [-0.2, -0.15) is 0 Å². The third kappa shape index (κ3) is 6.15. The molecule has 2 aromatic rings. The molecule has 0 saturated heterocycles. The zero-order chi connectivity index (χ0) is 20.5. The minimum absolute atomic E-state index is 0.0546. The molecule has 0 aliphatic heterocycles. The molecule has 0 bridgehead atoms. The van der Waals surface area contributed by atoms with Gasteiger partial charge in [-0.25, -0.2) is 8.78 Å². The Bertz CT molecular complexity index is 776. The molecule has 0 heterocycles. The summed E-state index contributed by atoms with van der Waals surface area (Å²) in [7, 11) is 0. The largest absolute Gasteiger partial charge is 0.354 e. The van der Waals surface area contributed by atoms with Gasteiger partial charge >= 0.3 is 0 Å². The van der Waals surface area contributed by atoms with Gasteiger partial charge in [0.25, 0.3) is 0 Å². The molecule has 1 atom stereocenters. The molecule has 2 aromatic carbocycles. The Morgan fingerprint density at radius 2 is 1.46 bits per heavy atom. The maximum atomic E-state index is 13.2. The molecule has 0 spiro atoms. The summed E-state index contributed by atoms with van der Waals surface area (Å²) in [6, 6.07) is 10.9. The number of benzene rings is 2. The molecule has 0 unspecified atom stereocenters. The fraction of sp³-hybridized carbons (Fsp3) is 0.364. The minimum Gasteiger partial charge on any atom is -0.354 e. The van der Waals surface area contributed by atoms with Crippen molar-refractivity contribution in [2.75, 3.05) is 6.54 Å². The fourth-order valence-corrected chi connectivity index (χ4v) is 2.95. The van der Waals surface area contributed by atoms with E-state index >= 15 is 0 Å². The van der Waals surface area contributed by atoms with Crippen LogP contribution >= 0.6 is 0 Å². The monoisotopic (exact) mass is 388 g/mol. The van der Waals surface area contributed by atoms with Crippen molar-refractivity contribution < 1.29 is 18.4 Å². The maximum absolute atomic E-state index is 13.2. The van der Waals surface area contributed by atoms with E-state index in [0.717, 1.165) is 12.0 Å². The molecule has 2 amide bonds. The van der Waals surface area contributed by atoms with Crippen molar-refractivity contribution in [1.82, 2.24) is 10.2 Å². The first kappa shape index (κ1) is 21.5. The standard InChI is InChI=1S/C22H26F2N2O2/c1-3-13-25-22(28)20(4-2)26(15-17-7-11-19(24)12-8-17)21(27)14-16-5-9-18(23)10-6-16/h5-12,20H,3-4,13-15H2,1-2H3,(H,25,28)/t20-/m1/s1. The lowest BCUT2D eigenvalue weighted by molar-refractivity contribution is -0.140. The summed E-state index contributed by atoms with van der Waals surface area (Å²) < 4.78 is 26.4. The van der Waals surface area contributed by atoms with E-state index in [1.165, 1.54) is 29.2 Å². The fourth-order valence-electron chi connectivity index (χ4n) is 2.95. The maximum Gasteiger partial charge on any atom is 0.242 e. The second kappa shape index (κ2) is 10.5. The van der Waals surface area contributed by atoms with Gasteiger partial charge in [0, 0.05) is 13.1 Å². The van der Waals surface area contributed by atoms with Crippen LogP contribution in [0.4, 0.5) is 8.78 Å². The molecule has 2 rings (SSSR count). The van der Waals surface area contributed by atoms with Gasteiger partial charge in [0.05, 0.1) is 6.42 Å². The Kier molecular flexibility index (Phi) is 8.11. The van der Waals surface area contributed by atoms with E-state index in [4.69, 9.17) is 0 Å². The number of carbonyl (C=O) groups excluding carboxylic acids is 2. The Morgan fingerprint density at radius 1 is 0.929 bits per heavy atom. The van der Waals surface area contributed by atoms with E-state index in [0.29, 0.717) is 18.5 Å². The second-order valence-electron chi connectivity index (χ2n) is 6.67. The quantitative estimate of drug-likeness (QED) is 0.710. The van der Waals surface area contributed by atoms with Crippen molar-refractivity contribution >= 4 is 11.8 Å². The highest BCUT2D eigenvalue weighted by Gasteiger charge is 2.28. The number of hydrogen-bond acceptors (Lipinski definition) is 2. The van der Waals surface area contributed by atoms with Crippen LogP contribution in [-0.4, -0.2) is 29.3 Å². The van der Waals surface area contributed by atoms with Gasteiger partial charge in [-0.15, -0.1) is 0 Å². The molecule has 28 heavy (non-hydrogen) atoms. The Balaban J connectivity index is 2.24. The highest BCUT2D eigenvalue weighted by atomic mass is 19.1. The minimum atomic E-state index is -0.635. The summed E-state index contributed by atoms with van der Waals surface area (Å²) in [5.74, 6) is -1.18. The second-order valence-corrected chi connectivity index (χ2v) is 6.67. The molecule has 4 nitrogen and oxygen atoms in total. The van der Waals surface area contributed by atoms with E-state index in [1.807, 2.05) is 13.8 Å². The van der Waals surface area contributed by atoms with Gasteiger partial charge in [0.15, 0.2) is 0 Å². The first-order valence-electron chi connectivity index (χ1n) is 9.50. The molecule has 0 saturated carbocycles. The van der Waals surface area contributed by atoms with Crippen LogP contribution in [0.3, 0.4) is 0 Å². The summed E-state index contributed by atoms with van der Waals surface area (Å²) >= 11 is 0. The van der Waals surface area contributed by atoms with Gasteiger partial charge in [-0.05, 0) is 48.2 Å². The van der Waals surface area contributed by atoms with Gasteiger partial charge in [-0.3, -0.25) is 9.59 Å². The van der Waals surface area contributed by atoms with Crippen LogP contribution in [0.5, 0.6) is 0 Å². The van der Waals surface area contributed by atoms with Gasteiger partial charge in [0.1, 0.15) is 17.7 Å². The van der Waals surface area contributed by atoms with Crippen LogP contribution in [0.2, 0.25) is 0 Å². The zero-order valence-corrected chi connectivity index (χ0v) is 16.3. The van der Waals surface area contributed by atoms with Gasteiger partial charge in [-0.1, -0.05) is 38.1 Å². The first-order valence-corrected chi connectivity index (χ1v) is 9.50. The van der Waals surface area contributed by atoms with E-state index < -0.39 is 6.04 Å². The van der Waals surface area contributed by atoms with Crippen molar-refractivity contribution in [2.24, 2.45) is 0 Å². The molecule has 6 heteroatoms. The summed E-state index contributed by atoms with van der Waals surface area (Å²) in [5.41, 5.74) is 1.40. The van der Waals surface area contributed by atoms with Crippen molar-refractivity contribution in [3.8, 4) is 0 Å². The lowest BCUT2D eigenvalue weighted by Gasteiger charge is -2.30. The molecular weight excluding hydrogens is 362 g/mol. The van der Waals surface area contributed by atoms with Gasteiger partial charge < -0.3 is 10.2 Å². The van der Waals surface area contributed by atoms with Crippen LogP contribution < -0.4 is 5.32 Å². The predicted octanol–water partition coefficient (Wildman–Crippen LogP) is 3.84. The average molecular weight is 388 g/mol. The smallest absolute Gasteiger partial charge is 0.242 e. The Morgan fingerprint density at radius 3 is 1.96 bits per heavy atom. The molecule has 150 valence electrons. The number of amides is 2. The SMILES string of the molecule is CCCNC(=O)[C@@H](CC)N(Cc1ccc(F)cc1)C(=O)Cc1ccc(F)cc1. The summed E-state index contributed by atoms with van der Waals surface area (Å²) in [6.45, 7) is 4.53. The van der Waals surface area contributed by atoms with Crippen molar-refractivity contribution in [1.29, 1.82) is 0 Å². The number of nitrogens with one attached hydrogen (secondary N) is 1. The summed E-state index contributed by atoms with van der Waals surface area (Å²) in [5, 5.41) is 2.84. The predicted molar refractivity (Wildman–Crippen MR) is 104 cm³/mol. The van der Waals surface area contributed by atoms with Crippen LogP contribution in [-0.2, 0) is 22.6 Å². The van der Waals surface area contributed by atoms with Crippen molar-refractivity contribution in [3.05, 3.63) is 71.3 Å². The summed E-state index contributed by atoms with van der Waals surface area (Å²) in [6.07, 6.45) is 1.30. The lowest BCUT2D eigenvalue weighted by Crippen LogP contribution is -2.49. The van der Waals surface area contributed by atoms with Crippen molar-refractivity contribution in [2.45, 2.75) is 45.7 Å². The van der Waals surface area contributed by atoms with Crippen LogP contribution in [0.25, 0.3) is 0 Å². The van der Waals surface area contributed by atoms with Crippen LogP contribution in [0.15, 0.2) is 48.5 Å². The molecule has 1 N–H and O–H groups in total. The zero-order valence-electron chi connectivity index (χ0n) is 16.3. The van der Waals surface area contributed by atoms with Crippen LogP contribution in [0.1, 0.15) is 37.8 Å². The highest BCUT2D eigenvalue weighted by Crippen LogP contribution is 2.15. The number of hydrogen-bond donors (Lipinski definition) is 1. The Hall–Kier alpha value is -2.76. The molecule has 0 aliphatic rings. The summed E-state index contributed by atoms with van der Waals surface area (Å²) in [4.78, 5) is 27.1. The first-order chi connectivity index (χ1) is 13.4. The molecular formula is C22H26F2N2O2. The van der Waals surface area contributed by atoms with E-state index in [-0.39, 0.29) is 36.4 Å². The normalized spacial score (nSPS) is 11.7. The van der Waals surface area contributed by atoms with Crippen molar-refractivity contribution in [3.63, 3.8) is 0 Å². The number of nitrogens with zero attached hydrogens (tertiary/aromatic N) is 1. The molecule has 0 radical (unpaired) electrons. The highest BCUT2D eigenvalue weighted by molar-refractivity contribution is 5.88. The Labute approximate surface area is 164 Å². The number of rotatable bonds is 9. The van der Waals surface area contributed by atoms with Crippen LogP contribution in [0, 0.1) is 11.6 Å². The topological polar surface area (TPSA) is 49.4 Å². The van der Waals surface area contributed by atoms with Gasteiger partial charge in [0.2, 0.25) is 11.8 Å². The lowest BCUT2D eigenvalue weighted by atomic mass is 10.1. The number of halogens is 2. The average Bonchev–Trinajstić information content (AvgIpc) is 2.69.